The van der Waals surface area contributed by atoms with Crippen molar-refractivity contribution >= 4 is 5.82 Å². The van der Waals surface area contributed by atoms with Crippen molar-refractivity contribution in [2.24, 2.45) is 0 Å². The molecule has 104 valence electrons. The third kappa shape index (κ3) is 2.59. The Kier molecular flexibility index (Phi) is 3.94. The Bertz CT molecular complexity index is 652. The first-order valence-corrected chi connectivity index (χ1v) is 6.50. The Hall–Kier alpha value is -2.48. The summed E-state index contributed by atoms with van der Waals surface area (Å²) in [5.41, 5.74) is 8.42. The number of nitrogens with zero attached hydrogens (tertiary/aromatic N) is 3. The highest BCUT2D eigenvalue weighted by molar-refractivity contribution is 5.55. The molecule has 0 aliphatic carbocycles. The van der Waals surface area contributed by atoms with Crippen molar-refractivity contribution in [3.63, 3.8) is 0 Å². The molecule has 0 aliphatic rings. The zero-order valence-corrected chi connectivity index (χ0v) is 11.9. The second-order valence-electron chi connectivity index (χ2n) is 4.93. The average Bonchev–Trinajstić information content (AvgIpc) is 2.74. The van der Waals surface area contributed by atoms with Crippen molar-refractivity contribution in [3.05, 3.63) is 41.0 Å². The molecule has 1 heterocycles. The summed E-state index contributed by atoms with van der Waals surface area (Å²) in [5, 5.41) is 13.5. The monoisotopic (exact) mass is 270 g/mol. The summed E-state index contributed by atoms with van der Waals surface area (Å²) < 4.78 is 7.28. The molecule has 1 aromatic carbocycles. The largest absolute Gasteiger partial charge is 0.471 e. The van der Waals surface area contributed by atoms with Crippen LogP contribution in [0.15, 0.2) is 24.3 Å². The number of nitrogen functional groups attached to an aromatic ring is 1. The Morgan fingerprint density at radius 3 is 2.70 bits per heavy atom. The topological polar surface area (TPSA) is 76.9 Å². The number of rotatable bonds is 4. The fourth-order valence-corrected chi connectivity index (χ4v) is 1.94. The van der Waals surface area contributed by atoms with Gasteiger partial charge in [-0.1, -0.05) is 24.3 Å². The fourth-order valence-electron chi connectivity index (χ4n) is 1.94. The van der Waals surface area contributed by atoms with E-state index in [1.54, 1.807) is 4.68 Å². The van der Waals surface area contributed by atoms with E-state index < -0.39 is 0 Å². The lowest BCUT2D eigenvalue weighted by atomic mass is 10.1. The van der Waals surface area contributed by atoms with Crippen molar-refractivity contribution in [3.8, 4) is 11.9 Å². The summed E-state index contributed by atoms with van der Waals surface area (Å²) in [4.78, 5) is 0. The molecular formula is C15H18N4O. The first-order valence-electron chi connectivity index (χ1n) is 6.50. The molecule has 0 aliphatic heterocycles. The first kappa shape index (κ1) is 13.9. The number of aromatic nitrogens is 2. The lowest BCUT2D eigenvalue weighted by Crippen LogP contribution is -2.07. The van der Waals surface area contributed by atoms with Crippen LogP contribution in [0.3, 0.4) is 0 Å². The van der Waals surface area contributed by atoms with Gasteiger partial charge in [-0.25, -0.2) is 4.68 Å². The summed E-state index contributed by atoms with van der Waals surface area (Å²) in [7, 11) is 0. The van der Waals surface area contributed by atoms with E-state index in [0.717, 1.165) is 11.1 Å². The van der Waals surface area contributed by atoms with Crippen LogP contribution in [0.25, 0.3) is 0 Å². The molecule has 0 radical (unpaired) electrons. The minimum absolute atomic E-state index is 0.0814. The minimum Gasteiger partial charge on any atom is -0.471 e. The van der Waals surface area contributed by atoms with Crippen molar-refractivity contribution < 1.29 is 4.74 Å². The summed E-state index contributed by atoms with van der Waals surface area (Å²) >= 11 is 0. The van der Waals surface area contributed by atoms with Crippen LogP contribution in [0.5, 0.6) is 5.88 Å². The van der Waals surface area contributed by atoms with E-state index >= 15 is 0 Å². The number of hydrogen-bond acceptors (Lipinski definition) is 4. The van der Waals surface area contributed by atoms with Crippen LogP contribution in [0, 0.1) is 18.3 Å². The molecule has 2 aromatic rings. The van der Waals surface area contributed by atoms with Crippen LogP contribution in [0.4, 0.5) is 5.82 Å². The number of ether oxygens (including phenoxy) is 1. The normalized spacial score (nSPS) is 10.6. The molecule has 0 spiro atoms. The van der Waals surface area contributed by atoms with Gasteiger partial charge in [-0.05, 0) is 31.9 Å². The maximum Gasteiger partial charge on any atom is 0.253 e. The number of aryl methyl sites for hydroxylation is 1. The number of hydrogen-bond donors (Lipinski definition) is 1. The van der Waals surface area contributed by atoms with Gasteiger partial charge in [-0.15, -0.1) is 5.10 Å². The zero-order valence-electron chi connectivity index (χ0n) is 11.9. The minimum atomic E-state index is 0.0814. The fraction of sp³-hybridized carbons (Fsp3) is 0.333. The Labute approximate surface area is 118 Å². The zero-order chi connectivity index (χ0) is 14.7. The molecule has 0 fully saturated rings. The van der Waals surface area contributed by atoms with Gasteiger partial charge < -0.3 is 10.5 Å². The summed E-state index contributed by atoms with van der Waals surface area (Å²) in [6, 6.07) is 10.1. The number of benzene rings is 1. The Balaban J connectivity index is 2.24. The molecule has 0 bridgehead atoms. The van der Waals surface area contributed by atoms with Crippen molar-refractivity contribution in [1.29, 1.82) is 5.26 Å². The Morgan fingerprint density at radius 1 is 1.40 bits per heavy atom. The van der Waals surface area contributed by atoms with Crippen LogP contribution >= 0.6 is 0 Å². The van der Waals surface area contributed by atoms with Crippen molar-refractivity contribution in [2.75, 3.05) is 5.73 Å². The van der Waals surface area contributed by atoms with E-state index in [9.17, 15) is 5.26 Å². The van der Waals surface area contributed by atoms with Crippen LogP contribution in [-0.2, 0) is 6.61 Å². The van der Waals surface area contributed by atoms with E-state index in [4.69, 9.17) is 10.5 Å². The van der Waals surface area contributed by atoms with Crippen LogP contribution in [0.1, 0.15) is 36.6 Å². The van der Waals surface area contributed by atoms with Gasteiger partial charge in [0, 0.05) is 6.04 Å². The first-order chi connectivity index (χ1) is 9.54. The molecule has 0 saturated carbocycles. The molecule has 2 N–H and O–H groups in total. The summed E-state index contributed by atoms with van der Waals surface area (Å²) in [6.45, 7) is 6.30. The van der Waals surface area contributed by atoms with E-state index in [2.05, 4.69) is 11.2 Å². The molecular weight excluding hydrogens is 252 g/mol. The van der Waals surface area contributed by atoms with Gasteiger partial charge in [0.2, 0.25) is 0 Å². The van der Waals surface area contributed by atoms with E-state index in [0.29, 0.717) is 23.9 Å². The van der Waals surface area contributed by atoms with Gasteiger partial charge in [0.25, 0.3) is 5.88 Å². The second kappa shape index (κ2) is 5.66. The van der Waals surface area contributed by atoms with Crippen molar-refractivity contribution in [2.45, 2.75) is 33.4 Å². The molecule has 5 heteroatoms. The van der Waals surface area contributed by atoms with Crippen molar-refractivity contribution in [1.82, 2.24) is 9.78 Å². The number of nitrogens with two attached hydrogens (primary N) is 1. The smallest absolute Gasteiger partial charge is 0.253 e. The van der Waals surface area contributed by atoms with Gasteiger partial charge in [0.05, 0.1) is 0 Å². The standard InChI is InChI=1S/C15H18N4O/c1-10(2)19-14(17)13(8-16)15(18-19)20-9-12-7-5-4-6-11(12)3/h4-7,10H,9,17H2,1-3H3. The third-order valence-corrected chi connectivity index (χ3v) is 3.14. The average molecular weight is 270 g/mol. The highest BCUT2D eigenvalue weighted by Gasteiger charge is 2.18. The third-order valence-electron chi connectivity index (χ3n) is 3.14. The lowest BCUT2D eigenvalue weighted by Gasteiger charge is -2.07. The van der Waals surface area contributed by atoms with Crippen LogP contribution in [0.2, 0.25) is 0 Å². The van der Waals surface area contributed by atoms with Gasteiger partial charge in [0.15, 0.2) is 5.56 Å². The summed E-state index contributed by atoms with van der Waals surface area (Å²) in [5.74, 6) is 0.643. The SMILES string of the molecule is Cc1ccccc1COc1nn(C(C)C)c(N)c1C#N. The molecule has 5 nitrogen and oxygen atoms in total. The van der Waals surface area contributed by atoms with E-state index in [1.807, 2.05) is 45.0 Å². The maximum atomic E-state index is 9.18. The number of nitriles is 1. The van der Waals surface area contributed by atoms with Crippen LogP contribution in [-0.4, -0.2) is 9.78 Å². The Morgan fingerprint density at radius 2 is 2.10 bits per heavy atom. The number of anilines is 1. The highest BCUT2D eigenvalue weighted by atomic mass is 16.5. The lowest BCUT2D eigenvalue weighted by molar-refractivity contribution is 0.286. The molecule has 0 amide bonds. The van der Waals surface area contributed by atoms with Gasteiger partial charge >= 0.3 is 0 Å². The summed E-state index contributed by atoms with van der Waals surface area (Å²) in [6.07, 6.45) is 0. The van der Waals surface area contributed by atoms with Crippen LogP contribution < -0.4 is 10.5 Å². The molecule has 20 heavy (non-hydrogen) atoms. The molecule has 0 saturated heterocycles. The van der Waals surface area contributed by atoms with Gasteiger partial charge in [0.1, 0.15) is 18.5 Å². The quantitative estimate of drug-likeness (QED) is 0.926. The van der Waals surface area contributed by atoms with Gasteiger partial charge in [-0.3, -0.25) is 0 Å². The van der Waals surface area contributed by atoms with E-state index in [1.165, 1.54) is 0 Å². The molecule has 0 unspecified atom stereocenters. The highest BCUT2D eigenvalue weighted by Crippen LogP contribution is 2.26. The van der Waals surface area contributed by atoms with Gasteiger partial charge in [-0.2, -0.15) is 5.26 Å². The van der Waals surface area contributed by atoms with E-state index in [-0.39, 0.29) is 6.04 Å². The second-order valence-corrected chi connectivity index (χ2v) is 4.93. The predicted molar refractivity (Wildman–Crippen MR) is 77.3 cm³/mol. The maximum absolute atomic E-state index is 9.18. The molecule has 0 atom stereocenters. The molecule has 1 aromatic heterocycles. The predicted octanol–water partition coefficient (Wildman–Crippen LogP) is 2.81. The molecule has 2 rings (SSSR count).